The van der Waals surface area contributed by atoms with Gasteiger partial charge in [0.05, 0.1) is 10.6 Å². The van der Waals surface area contributed by atoms with Gasteiger partial charge in [-0.3, -0.25) is 0 Å². The number of halogens is 4. The topological polar surface area (TPSA) is 41.6 Å². The summed E-state index contributed by atoms with van der Waals surface area (Å²) in [5.41, 5.74) is -0.0187. The lowest BCUT2D eigenvalue weighted by molar-refractivity contribution is -0.137. The largest absolute Gasteiger partial charge is 0.417 e. The molecule has 1 N–H and O–H groups in total. The summed E-state index contributed by atoms with van der Waals surface area (Å²) in [5, 5.41) is 2.13. The standard InChI is InChI=1S/C20H22ClF3N2O2/c1-28-12-6-5-11-26(14-15-7-3-2-4-8-15)19(27)25-16-9-10-18(21)17(13-16)20(22,23)24/h2-4,7-10,13H,5-6,11-12,14H2,1H3,(H,25,27). The van der Waals surface area contributed by atoms with E-state index in [9.17, 15) is 18.0 Å². The minimum Gasteiger partial charge on any atom is -0.385 e. The average molecular weight is 415 g/mol. The molecule has 0 aromatic heterocycles. The lowest BCUT2D eigenvalue weighted by Crippen LogP contribution is -2.35. The first-order chi connectivity index (χ1) is 13.3. The number of benzene rings is 2. The molecule has 0 heterocycles. The molecule has 0 aliphatic carbocycles. The second kappa shape index (κ2) is 10.3. The van der Waals surface area contributed by atoms with E-state index in [2.05, 4.69) is 5.32 Å². The maximum Gasteiger partial charge on any atom is 0.417 e. The number of carbonyl (C=O) groups is 1. The maximum absolute atomic E-state index is 13.0. The van der Waals surface area contributed by atoms with E-state index in [-0.39, 0.29) is 5.69 Å². The summed E-state index contributed by atoms with van der Waals surface area (Å²) in [5.74, 6) is 0. The highest BCUT2D eigenvalue weighted by atomic mass is 35.5. The molecular formula is C20H22ClF3N2O2. The molecule has 0 fully saturated rings. The third-order valence-corrected chi connectivity index (χ3v) is 4.38. The highest BCUT2D eigenvalue weighted by Gasteiger charge is 2.33. The zero-order valence-electron chi connectivity index (χ0n) is 15.4. The number of hydrogen-bond donors (Lipinski definition) is 1. The summed E-state index contributed by atoms with van der Waals surface area (Å²) in [6.45, 7) is 1.37. The second-order valence-corrected chi connectivity index (χ2v) is 6.64. The van der Waals surface area contributed by atoms with Gasteiger partial charge in [-0.1, -0.05) is 41.9 Å². The predicted octanol–water partition coefficient (Wildman–Crippen LogP) is 5.82. The van der Waals surface area contributed by atoms with Gasteiger partial charge in [0.25, 0.3) is 0 Å². The molecule has 2 aromatic rings. The van der Waals surface area contributed by atoms with Crippen LogP contribution in [0.25, 0.3) is 0 Å². The SMILES string of the molecule is COCCCCN(Cc1ccccc1)C(=O)Nc1ccc(Cl)c(C(F)(F)F)c1. The second-order valence-electron chi connectivity index (χ2n) is 6.23. The first-order valence-corrected chi connectivity index (χ1v) is 9.14. The first-order valence-electron chi connectivity index (χ1n) is 8.77. The molecule has 2 aromatic carbocycles. The zero-order valence-corrected chi connectivity index (χ0v) is 16.2. The van der Waals surface area contributed by atoms with Gasteiger partial charge in [0.2, 0.25) is 0 Å². The van der Waals surface area contributed by atoms with Crippen molar-refractivity contribution in [1.82, 2.24) is 4.90 Å². The Labute approximate surface area is 167 Å². The number of amides is 2. The molecule has 4 nitrogen and oxygen atoms in total. The number of methoxy groups -OCH3 is 1. The summed E-state index contributed by atoms with van der Waals surface area (Å²) in [7, 11) is 1.60. The Morgan fingerprint density at radius 2 is 1.86 bits per heavy atom. The van der Waals surface area contributed by atoms with Crippen molar-refractivity contribution in [3.63, 3.8) is 0 Å². The van der Waals surface area contributed by atoms with E-state index >= 15 is 0 Å². The summed E-state index contributed by atoms with van der Waals surface area (Å²) in [4.78, 5) is 14.3. The van der Waals surface area contributed by atoms with Gasteiger partial charge in [-0.2, -0.15) is 13.2 Å². The van der Waals surface area contributed by atoms with Gasteiger partial charge in [0.15, 0.2) is 0 Å². The van der Waals surface area contributed by atoms with Crippen molar-refractivity contribution in [2.45, 2.75) is 25.6 Å². The minimum atomic E-state index is -4.60. The number of rotatable bonds is 8. The van der Waals surface area contributed by atoms with E-state index in [4.69, 9.17) is 16.3 Å². The Balaban J connectivity index is 2.12. The van der Waals surface area contributed by atoms with Crippen molar-refractivity contribution in [3.05, 3.63) is 64.7 Å². The maximum atomic E-state index is 13.0. The van der Waals surface area contributed by atoms with Crippen LogP contribution in [0.1, 0.15) is 24.0 Å². The van der Waals surface area contributed by atoms with Crippen molar-refractivity contribution in [2.24, 2.45) is 0 Å². The number of nitrogens with one attached hydrogen (secondary N) is 1. The van der Waals surface area contributed by atoms with E-state index in [1.807, 2.05) is 30.3 Å². The number of ether oxygens (including phenoxy) is 1. The van der Waals surface area contributed by atoms with Gasteiger partial charge in [-0.15, -0.1) is 0 Å². The summed E-state index contributed by atoms with van der Waals surface area (Å²) in [6.07, 6.45) is -3.11. The van der Waals surface area contributed by atoms with Crippen LogP contribution in [0.5, 0.6) is 0 Å². The van der Waals surface area contributed by atoms with Gasteiger partial charge in [-0.25, -0.2) is 4.79 Å². The third-order valence-electron chi connectivity index (χ3n) is 4.05. The third kappa shape index (κ3) is 6.73. The van der Waals surface area contributed by atoms with Crippen molar-refractivity contribution >= 4 is 23.3 Å². The average Bonchev–Trinajstić information content (AvgIpc) is 2.65. The molecule has 0 spiro atoms. The molecule has 0 atom stereocenters. The van der Waals surface area contributed by atoms with Crippen LogP contribution in [0.2, 0.25) is 5.02 Å². The molecule has 2 rings (SSSR count). The molecule has 0 bridgehead atoms. The van der Waals surface area contributed by atoms with Crippen LogP contribution in [-0.2, 0) is 17.5 Å². The molecule has 152 valence electrons. The molecule has 0 radical (unpaired) electrons. The molecular weight excluding hydrogens is 393 g/mol. The van der Waals surface area contributed by atoms with Gasteiger partial charge < -0.3 is 15.0 Å². The molecule has 0 aliphatic heterocycles. The molecule has 2 amide bonds. The van der Waals surface area contributed by atoms with Gasteiger partial charge in [0, 0.05) is 32.5 Å². The molecule has 8 heteroatoms. The molecule has 0 aliphatic rings. The van der Waals surface area contributed by atoms with Gasteiger partial charge >= 0.3 is 12.2 Å². The summed E-state index contributed by atoms with van der Waals surface area (Å²) < 4.78 is 44.1. The number of unbranched alkanes of at least 4 members (excludes halogenated alkanes) is 1. The van der Waals surface area contributed by atoms with E-state index in [1.165, 1.54) is 6.07 Å². The number of carbonyl (C=O) groups excluding carboxylic acids is 1. The fraction of sp³-hybridized carbons (Fsp3) is 0.350. The zero-order chi connectivity index (χ0) is 20.6. The van der Waals surface area contributed by atoms with E-state index in [1.54, 1.807) is 12.0 Å². The number of anilines is 1. The highest BCUT2D eigenvalue weighted by molar-refractivity contribution is 6.31. The quantitative estimate of drug-likeness (QED) is 0.553. The molecule has 28 heavy (non-hydrogen) atoms. The van der Waals surface area contributed by atoms with E-state index in [0.29, 0.717) is 26.1 Å². The Morgan fingerprint density at radius 1 is 1.14 bits per heavy atom. The Morgan fingerprint density at radius 3 is 2.50 bits per heavy atom. The van der Waals surface area contributed by atoms with Crippen molar-refractivity contribution in [1.29, 1.82) is 0 Å². The van der Waals surface area contributed by atoms with Crippen LogP contribution < -0.4 is 5.32 Å². The van der Waals surface area contributed by atoms with Crippen LogP contribution in [0.3, 0.4) is 0 Å². The van der Waals surface area contributed by atoms with Crippen LogP contribution in [0.4, 0.5) is 23.7 Å². The van der Waals surface area contributed by atoms with Crippen LogP contribution in [-0.4, -0.2) is 31.2 Å². The summed E-state index contributed by atoms with van der Waals surface area (Å²) in [6, 6.07) is 12.2. The lowest BCUT2D eigenvalue weighted by Gasteiger charge is -2.23. The van der Waals surface area contributed by atoms with E-state index < -0.39 is 22.8 Å². The van der Waals surface area contributed by atoms with Crippen LogP contribution in [0, 0.1) is 0 Å². The minimum absolute atomic E-state index is 0.0386. The smallest absolute Gasteiger partial charge is 0.385 e. The summed E-state index contributed by atoms with van der Waals surface area (Å²) >= 11 is 5.63. The van der Waals surface area contributed by atoms with Crippen molar-refractivity contribution < 1.29 is 22.7 Å². The van der Waals surface area contributed by atoms with Gasteiger partial charge in [-0.05, 0) is 36.6 Å². The van der Waals surface area contributed by atoms with Crippen molar-refractivity contribution in [3.8, 4) is 0 Å². The highest BCUT2D eigenvalue weighted by Crippen LogP contribution is 2.36. The molecule has 0 unspecified atom stereocenters. The number of urea groups is 1. The fourth-order valence-electron chi connectivity index (χ4n) is 2.63. The van der Waals surface area contributed by atoms with E-state index in [0.717, 1.165) is 24.1 Å². The van der Waals surface area contributed by atoms with Crippen LogP contribution in [0.15, 0.2) is 48.5 Å². The van der Waals surface area contributed by atoms with Gasteiger partial charge in [0.1, 0.15) is 0 Å². The Kier molecular flexibility index (Phi) is 8.14. The predicted molar refractivity (Wildman–Crippen MR) is 103 cm³/mol. The number of hydrogen-bond acceptors (Lipinski definition) is 2. The Hall–Kier alpha value is -2.25. The number of alkyl halides is 3. The molecule has 0 saturated carbocycles. The number of nitrogens with zero attached hydrogens (tertiary/aromatic N) is 1. The first kappa shape index (κ1) is 22.0. The lowest BCUT2D eigenvalue weighted by atomic mass is 10.2. The molecule has 0 saturated heterocycles. The normalized spacial score (nSPS) is 11.3. The Bertz CT molecular complexity index is 770. The monoisotopic (exact) mass is 414 g/mol. The fourth-order valence-corrected chi connectivity index (χ4v) is 2.85. The van der Waals surface area contributed by atoms with Crippen molar-refractivity contribution in [2.75, 3.05) is 25.6 Å². The van der Waals surface area contributed by atoms with Crippen LogP contribution >= 0.6 is 11.6 Å².